The molecule has 0 aromatic carbocycles. The molecular weight excluding hydrogens is 185 g/mol. The molecule has 2 nitrogen and oxygen atoms in total. The molecule has 4 atom stereocenters. The average Bonchev–Trinajstić information content (AvgIpc) is 2.60. The number of aliphatic hydroxyl groups excluding tert-OH is 1. The molecule has 0 aromatic heterocycles. The monoisotopic (exact) mass is 196 g/mol. The Morgan fingerprint density at radius 3 is 2.38 bits per heavy atom. The van der Waals surface area contributed by atoms with Crippen molar-refractivity contribution in [3.05, 3.63) is 0 Å². The Morgan fingerprint density at radius 1 is 1.31 bits per heavy atom. The molecule has 13 heavy (non-hydrogen) atoms. The third-order valence-corrected chi connectivity index (χ3v) is 2.89. The second-order valence-electron chi connectivity index (χ2n) is 3.76. The SMILES string of the molecule is O[C@H](C1CC2CCC1O2)C(F)(F)F. The molecule has 2 aliphatic rings. The highest BCUT2D eigenvalue weighted by Gasteiger charge is 2.52. The van der Waals surface area contributed by atoms with Crippen LogP contribution in [0.2, 0.25) is 0 Å². The first-order valence-electron chi connectivity index (χ1n) is 4.38. The van der Waals surface area contributed by atoms with Crippen LogP contribution in [0.3, 0.4) is 0 Å². The van der Waals surface area contributed by atoms with Gasteiger partial charge >= 0.3 is 6.18 Å². The fourth-order valence-corrected chi connectivity index (χ4v) is 2.25. The number of rotatable bonds is 1. The summed E-state index contributed by atoms with van der Waals surface area (Å²) in [4.78, 5) is 0. The van der Waals surface area contributed by atoms with Crippen molar-refractivity contribution in [2.24, 2.45) is 5.92 Å². The van der Waals surface area contributed by atoms with Crippen molar-refractivity contribution in [3.63, 3.8) is 0 Å². The Balaban J connectivity index is 2.02. The van der Waals surface area contributed by atoms with Gasteiger partial charge in [-0.2, -0.15) is 13.2 Å². The number of ether oxygens (including phenoxy) is 1. The van der Waals surface area contributed by atoms with Gasteiger partial charge in [0.2, 0.25) is 0 Å². The molecule has 0 saturated carbocycles. The van der Waals surface area contributed by atoms with Gasteiger partial charge in [-0.3, -0.25) is 0 Å². The highest BCUT2D eigenvalue weighted by Crippen LogP contribution is 2.43. The van der Waals surface area contributed by atoms with Crippen molar-refractivity contribution in [1.82, 2.24) is 0 Å². The smallest absolute Gasteiger partial charge is 0.383 e. The van der Waals surface area contributed by atoms with Crippen LogP contribution >= 0.6 is 0 Å². The first-order valence-corrected chi connectivity index (χ1v) is 4.38. The molecule has 2 heterocycles. The van der Waals surface area contributed by atoms with E-state index in [1.807, 2.05) is 0 Å². The zero-order valence-corrected chi connectivity index (χ0v) is 6.92. The molecule has 0 amide bonds. The minimum atomic E-state index is -4.50. The quantitative estimate of drug-likeness (QED) is 0.688. The lowest BCUT2D eigenvalue weighted by atomic mass is 9.85. The van der Waals surface area contributed by atoms with Gasteiger partial charge in [0, 0.05) is 5.92 Å². The van der Waals surface area contributed by atoms with Crippen molar-refractivity contribution in [2.45, 2.75) is 43.8 Å². The lowest BCUT2D eigenvalue weighted by Gasteiger charge is -2.25. The fraction of sp³-hybridized carbons (Fsp3) is 1.00. The van der Waals surface area contributed by atoms with Crippen LogP contribution in [0.25, 0.3) is 0 Å². The first-order chi connectivity index (χ1) is 5.98. The van der Waals surface area contributed by atoms with Crippen molar-refractivity contribution in [1.29, 1.82) is 0 Å². The molecule has 1 N–H and O–H groups in total. The van der Waals surface area contributed by atoms with E-state index in [9.17, 15) is 13.2 Å². The molecule has 2 aliphatic heterocycles. The van der Waals surface area contributed by atoms with Crippen LogP contribution in [-0.4, -0.2) is 29.6 Å². The maximum atomic E-state index is 12.1. The molecule has 2 fully saturated rings. The van der Waals surface area contributed by atoms with Crippen LogP contribution in [-0.2, 0) is 4.74 Å². The Kier molecular flexibility index (Phi) is 2.03. The van der Waals surface area contributed by atoms with Crippen LogP contribution in [0.1, 0.15) is 19.3 Å². The van der Waals surface area contributed by atoms with E-state index in [1.165, 1.54) is 0 Å². The van der Waals surface area contributed by atoms with Gasteiger partial charge in [-0.05, 0) is 19.3 Å². The highest BCUT2D eigenvalue weighted by atomic mass is 19.4. The third-order valence-electron chi connectivity index (χ3n) is 2.89. The van der Waals surface area contributed by atoms with Gasteiger partial charge in [0.25, 0.3) is 0 Å². The van der Waals surface area contributed by atoms with Crippen LogP contribution in [0.4, 0.5) is 13.2 Å². The molecule has 2 saturated heterocycles. The van der Waals surface area contributed by atoms with Gasteiger partial charge < -0.3 is 9.84 Å². The van der Waals surface area contributed by atoms with Gasteiger partial charge in [-0.25, -0.2) is 0 Å². The number of alkyl halides is 3. The van der Waals surface area contributed by atoms with E-state index in [0.29, 0.717) is 12.8 Å². The summed E-state index contributed by atoms with van der Waals surface area (Å²) in [5, 5.41) is 9.00. The first kappa shape index (κ1) is 9.27. The zero-order valence-electron chi connectivity index (χ0n) is 6.92. The zero-order chi connectivity index (χ0) is 9.64. The second kappa shape index (κ2) is 2.85. The molecule has 0 aliphatic carbocycles. The summed E-state index contributed by atoms with van der Waals surface area (Å²) < 4.78 is 41.6. The molecule has 0 radical (unpaired) electrons. The molecular formula is C8H11F3O2. The number of hydrogen-bond donors (Lipinski definition) is 1. The van der Waals surface area contributed by atoms with Crippen LogP contribution in [0, 0.1) is 5.92 Å². The summed E-state index contributed by atoms with van der Waals surface area (Å²) in [5.41, 5.74) is 0. The van der Waals surface area contributed by atoms with Crippen molar-refractivity contribution in [3.8, 4) is 0 Å². The van der Waals surface area contributed by atoms with Gasteiger partial charge in [0.05, 0.1) is 12.2 Å². The Morgan fingerprint density at radius 2 is 2.00 bits per heavy atom. The lowest BCUT2D eigenvalue weighted by Crippen LogP contribution is -2.40. The van der Waals surface area contributed by atoms with Gasteiger partial charge in [-0.1, -0.05) is 0 Å². The van der Waals surface area contributed by atoms with Gasteiger partial charge in [0.1, 0.15) is 0 Å². The van der Waals surface area contributed by atoms with Crippen LogP contribution in [0.5, 0.6) is 0 Å². The molecule has 2 rings (SSSR count). The summed E-state index contributed by atoms with van der Waals surface area (Å²) >= 11 is 0. The maximum Gasteiger partial charge on any atom is 0.414 e. The Labute approximate surface area is 73.7 Å². The summed E-state index contributed by atoms with van der Waals surface area (Å²) in [5.74, 6) is -0.737. The van der Waals surface area contributed by atoms with E-state index in [4.69, 9.17) is 9.84 Å². The van der Waals surface area contributed by atoms with E-state index < -0.39 is 18.2 Å². The summed E-state index contributed by atoms with van der Waals surface area (Å²) in [6, 6.07) is 0. The maximum absolute atomic E-state index is 12.1. The van der Waals surface area contributed by atoms with E-state index in [-0.39, 0.29) is 12.2 Å². The fourth-order valence-electron chi connectivity index (χ4n) is 2.25. The average molecular weight is 196 g/mol. The van der Waals surface area contributed by atoms with E-state index in [2.05, 4.69) is 0 Å². The molecule has 5 heteroatoms. The summed E-state index contributed by atoms with van der Waals surface area (Å²) in [6.07, 6.45) is -5.28. The van der Waals surface area contributed by atoms with Crippen molar-refractivity contribution >= 4 is 0 Å². The molecule has 0 aromatic rings. The second-order valence-corrected chi connectivity index (χ2v) is 3.76. The van der Waals surface area contributed by atoms with Crippen LogP contribution < -0.4 is 0 Å². The lowest BCUT2D eigenvalue weighted by molar-refractivity contribution is -0.223. The summed E-state index contributed by atoms with van der Waals surface area (Å²) in [6.45, 7) is 0. The predicted octanol–water partition coefficient (Wildman–Crippen LogP) is 1.48. The largest absolute Gasteiger partial charge is 0.414 e. The van der Waals surface area contributed by atoms with Gasteiger partial charge in [0.15, 0.2) is 6.10 Å². The third kappa shape index (κ3) is 1.55. The minimum Gasteiger partial charge on any atom is -0.383 e. The normalized spacial score (nSPS) is 41.1. The number of halogens is 3. The predicted molar refractivity (Wildman–Crippen MR) is 38.1 cm³/mol. The van der Waals surface area contributed by atoms with E-state index in [1.54, 1.807) is 0 Å². The van der Waals surface area contributed by atoms with E-state index in [0.717, 1.165) is 6.42 Å². The minimum absolute atomic E-state index is 0.0491. The van der Waals surface area contributed by atoms with Crippen molar-refractivity contribution in [2.75, 3.05) is 0 Å². The van der Waals surface area contributed by atoms with Gasteiger partial charge in [-0.15, -0.1) is 0 Å². The molecule has 0 spiro atoms. The Bertz CT molecular complexity index is 204. The van der Waals surface area contributed by atoms with Crippen LogP contribution in [0.15, 0.2) is 0 Å². The topological polar surface area (TPSA) is 29.5 Å². The Hall–Kier alpha value is -0.290. The number of fused-ring (bicyclic) bond motifs is 2. The number of hydrogen-bond acceptors (Lipinski definition) is 2. The molecule has 76 valence electrons. The van der Waals surface area contributed by atoms with Crippen molar-refractivity contribution < 1.29 is 23.0 Å². The number of aliphatic hydroxyl groups is 1. The highest BCUT2D eigenvalue weighted by molar-refractivity contribution is 4.94. The molecule has 3 unspecified atom stereocenters. The standard InChI is InChI=1S/C8H11F3O2/c9-8(10,11)7(12)5-3-4-1-2-6(5)13-4/h4-7,12H,1-3H2/t4?,5?,6?,7-/m1/s1. The summed E-state index contributed by atoms with van der Waals surface area (Å²) in [7, 11) is 0. The van der Waals surface area contributed by atoms with E-state index >= 15 is 0 Å². The molecule has 2 bridgehead atoms.